The Hall–Kier alpha value is -0.840. The maximum absolute atomic E-state index is 12.3. The van der Waals surface area contributed by atoms with E-state index in [4.69, 9.17) is 5.11 Å². The molecule has 1 unspecified atom stereocenters. The first-order chi connectivity index (χ1) is 7.36. The SMILES string of the molecule is CC(C)(C)C1CN(CCF)CCN1C(=O)O. The van der Waals surface area contributed by atoms with E-state index >= 15 is 0 Å². The number of halogens is 1. The molecule has 4 nitrogen and oxygen atoms in total. The molecule has 0 saturated carbocycles. The smallest absolute Gasteiger partial charge is 0.407 e. The topological polar surface area (TPSA) is 43.8 Å². The van der Waals surface area contributed by atoms with Crippen LogP contribution in [0.2, 0.25) is 0 Å². The molecule has 0 aliphatic carbocycles. The van der Waals surface area contributed by atoms with Gasteiger partial charge in [-0.2, -0.15) is 0 Å². The molecule has 0 radical (unpaired) electrons. The van der Waals surface area contributed by atoms with Crippen LogP contribution in [-0.4, -0.2) is 59.9 Å². The van der Waals surface area contributed by atoms with Crippen LogP contribution < -0.4 is 0 Å². The highest BCUT2D eigenvalue weighted by atomic mass is 19.1. The number of amides is 1. The number of hydrogen-bond acceptors (Lipinski definition) is 2. The van der Waals surface area contributed by atoms with Crippen molar-refractivity contribution in [1.29, 1.82) is 0 Å². The van der Waals surface area contributed by atoms with Gasteiger partial charge in [-0.05, 0) is 5.41 Å². The van der Waals surface area contributed by atoms with Gasteiger partial charge in [0.25, 0.3) is 0 Å². The van der Waals surface area contributed by atoms with E-state index in [1.807, 2.05) is 25.7 Å². The Morgan fingerprint density at radius 3 is 2.50 bits per heavy atom. The second kappa shape index (κ2) is 4.99. The number of rotatable bonds is 2. The molecule has 1 amide bonds. The monoisotopic (exact) mass is 232 g/mol. The molecular weight excluding hydrogens is 211 g/mol. The van der Waals surface area contributed by atoms with E-state index in [0.717, 1.165) is 0 Å². The van der Waals surface area contributed by atoms with Crippen LogP contribution in [0.3, 0.4) is 0 Å². The molecule has 1 rings (SSSR count). The van der Waals surface area contributed by atoms with E-state index in [9.17, 15) is 9.18 Å². The van der Waals surface area contributed by atoms with Crippen LogP contribution >= 0.6 is 0 Å². The van der Waals surface area contributed by atoms with Gasteiger partial charge >= 0.3 is 6.09 Å². The van der Waals surface area contributed by atoms with Crippen molar-refractivity contribution >= 4 is 6.09 Å². The minimum atomic E-state index is -0.875. The molecule has 0 aromatic rings. The Bertz CT molecular complexity index is 253. The maximum atomic E-state index is 12.3. The number of nitrogens with zero attached hydrogens (tertiary/aromatic N) is 2. The van der Waals surface area contributed by atoms with Crippen LogP contribution in [0.25, 0.3) is 0 Å². The molecule has 1 fully saturated rings. The Morgan fingerprint density at radius 1 is 1.44 bits per heavy atom. The molecular formula is C11H21FN2O2. The van der Waals surface area contributed by atoms with Gasteiger partial charge in [0.05, 0.1) is 6.04 Å². The molecule has 0 spiro atoms. The highest BCUT2D eigenvalue weighted by Crippen LogP contribution is 2.27. The summed E-state index contributed by atoms with van der Waals surface area (Å²) in [5.74, 6) is 0. The van der Waals surface area contributed by atoms with Crippen LogP contribution in [0.5, 0.6) is 0 Å². The summed E-state index contributed by atoms with van der Waals surface area (Å²) in [5.41, 5.74) is -0.118. The normalized spacial score (nSPS) is 23.5. The fraction of sp³-hybridized carbons (Fsp3) is 0.909. The van der Waals surface area contributed by atoms with Crippen LogP contribution in [0.15, 0.2) is 0 Å². The van der Waals surface area contributed by atoms with Gasteiger partial charge in [-0.1, -0.05) is 20.8 Å². The Labute approximate surface area is 96.0 Å². The molecule has 5 heteroatoms. The summed E-state index contributed by atoms with van der Waals surface area (Å²) in [5, 5.41) is 9.12. The Kier molecular flexibility index (Phi) is 4.13. The lowest BCUT2D eigenvalue weighted by Crippen LogP contribution is -2.59. The molecule has 1 heterocycles. The van der Waals surface area contributed by atoms with Gasteiger partial charge in [-0.15, -0.1) is 0 Å². The third-order valence-corrected chi connectivity index (χ3v) is 3.11. The van der Waals surface area contributed by atoms with Gasteiger partial charge in [0, 0.05) is 26.2 Å². The highest BCUT2D eigenvalue weighted by Gasteiger charge is 2.37. The van der Waals surface area contributed by atoms with Gasteiger partial charge in [0.1, 0.15) is 6.67 Å². The lowest BCUT2D eigenvalue weighted by atomic mass is 9.84. The zero-order valence-electron chi connectivity index (χ0n) is 10.2. The van der Waals surface area contributed by atoms with Gasteiger partial charge in [0.15, 0.2) is 0 Å². The molecule has 0 aromatic heterocycles. The van der Waals surface area contributed by atoms with Crippen molar-refractivity contribution < 1.29 is 14.3 Å². The Morgan fingerprint density at radius 2 is 2.06 bits per heavy atom. The molecule has 1 aliphatic rings. The van der Waals surface area contributed by atoms with Gasteiger partial charge in [-0.25, -0.2) is 9.18 Å². The predicted molar refractivity (Wildman–Crippen MR) is 60.4 cm³/mol. The van der Waals surface area contributed by atoms with E-state index in [2.05, 4.69) is 0 Å². The van der Waals surface area contributed by atoms with Crippen LogP contribution in [0.1, 0.15) is 20.8 Å². The number of piperazine rings is 1. The summed E-state index contributed by atoms with van der Waals surface area (Å²) < 4.78 is 12.3. The molecule has 0 bridgehead atoms. The van der Waals surface area contributed by atoms with Crippen molar-refractivity contribution in [3.8, 4) is 0 Å². The molecule has 94 valence electrons. The van der Waals surface area contributed by atoms with Crippen molar-refractivity contribution in [2.45, 2.75) is 26.8 Å². The average molecular weight is 232 g/mol. The fourth-order valence-corrected chi connectivity index (χ4v) is 2.13. The number of alkyl halides is 1. The van der Waals surface area contributed by atoms with E-state index in [-0.39, 0.29) is 18.1 Å². The predicted octanol–water partition coefficient (Wildman–Crippen LogP) is 1.67. The molecule has 1 aliphatic heterocycles. The maximum Gasteiger partial charge on any atom is 0.407 e. The number of carbonyl (C=O) groups is 1. The molecule has 16 heavy (non-hydrogen) atoms. The van der Waals surface area contributed by atoms with Crippen molar-refractivity contribution in [2.75, 3.05) is 32.9 Å². The standard InChI is InChI=1S/C11H21FN2O2/c1-11(2,3)9-8-13(5-4-12)6-7-14(9)10(15)16/h9H,4-8H2,1-3H3,(H,15,16). The van der Waals surface area contributed by atoms with Crippen LogP contribution in [-0.2, 0) is 0 Å². The van der Waals surface area contributed by atoms with E-state index in [1.54, 1.807) is 0 Å². The quantitative estimate of drug-likeness (QED) is 0.787. The summed E-state index contributed by atoms with van der Waals surface area (Å²) >= 11 is 0. The largest absolute Gasteiger partial charge is 0.465 e. The first kappa shape index (κ1) is 13.2. The highest BCUT2D eigenvalue weighted by molar-refractivity contribution is 5.65. The van der Waals surface area contributed by atoms with Gasteiger partial charge in [0.2, 0.25) is 0 Å². The zero-order valence-corrected chi connectivity index (χ0v) is 10.2. The lowest BCUT2D eigenvalue weighted by Gasteiger charge is -2.45. The zero-order chi connectivity index (χ0) is 12.3. The average Bonchev–Trinajstić information content (AvgIpc) is 2.16. The summed E-state index contributed by atoms with van der Waals surface area (Å²) in [6, 6.07) is -0.0645. The number of carboxylic acid groups (broad SMARTS) is 1. The summed E-state index contributed by atoms with van der Waals surface area (Å²) in [4.78, 5) is 14.6. The van der Waals surface area contributed by atoms with Gasteiger partial charge in [-0.3, -0.25) is 4.90 Å². The van der Waals surface area contributed by atoms with Gasteiger partial charge < -0.3 is 10.0 Å². The van der Waals surface area contributed by atoms with Crippen LogP contribution in [0.4, 0.5) is 9.18 Å². The minimum absolute atomic E-state index is 0.0645. The molecule has 0 aromatic carbocycles. The summed E-state index contributed by atoms with van der Waals surface area (Å²) in [6.07, 6.45) is -0.875. The van der Waals surface area contributed by atoms with Crippen molar-refractivity contribution in [3.05, 3.63) is 0 Å². The summed E-state index contributed by atoms with van der Waals surface area (Å²) in [6.45, 7) is 7.81. The van der Waals surface area contributed by atoms with Crippen molar-refractivity contribution in [2.24, 2.45) is 5.41 Å². The van der Waals surface area contributed by atoms with E-state index < -0.39 is 6.09 Å². The second-order valence-electron chi connectivity index (χ2n) is 5.35. The first-order valence-electron chi connectivity index (χ1n) is 5.64. The Balaban J connectivity index is 2.74. The van der Waals surface area contributed by atoms with Crippen molar-refractivity contribution in [3.63, 3.8) is 0 Å². The lowest BCUT2D eigenvalue weighted by molar-refractivity contribution is 0.0201. The van der Waals surface area contributed by atoms with E-state index in [0.29, 0.717) is 26.2 Å². The van der Waals surface area contributed by atoms with Crippen molar-refractivity contribution in [1.82, 2.24) is 9.80 Å². The second-order valence-corrected chi connectivity index (χ2v) is 5.35. The van der Waals surface area contributed by atoms with E-state index in [1.165, 1.54) is 4.90 Å². The molecule has 1 atom stereocenters. The first-order valence-corrected chi connectivity index (χ1v) is 5.64. The third-order valence-electron chi connectivity index (χ3n) is 3.11. The fourth-order valence-electron chi connectivity index (χ4n) is 2.13. The third kappa shape index (κ3) is 3.07. The number of hydrogen-bond donors (Lipinski definition) is 1. The van der Waals surface area contributed by atoms with Crippen LogP contribution in [0, 0.1) is 5.41 Å². The molecule has 1 N–H and O–H groups in total. The molecule has 1 saturated heterocycles. The summed E-state index contributed by atoms with van der Waals surface area (Å²) in [7, 11) is 0. The minimum Gasteiger partial charge on any atom is -0.465 e.